The molecule has 0 saturated heterocycles. The molecule has 4 aromatic rings. The molecule has 4 aromatic heterocycles. The van der Waals surface area contributed by atoms with E-state index < -0.39 is 5.97 Å². The number of hydrogen-bond acceptors (Lipinski definition) is 6. The van der Waals surface area contributed by atoms with Gasteiger partial charge in [0.15, 0.2) is 0 Å². The third kappa shape index (κ3) is 5.51. The Morgan fingerprint density at radius 1 is 1.09 bits per heavy atom. The first kappa shape index (κ1) is 24.0. The van der Waals surface area contributed by atoms with Gasteiger partial charge in [0.25, 0.3) is 5.91 Å². The lowest BCUT2D eigenvalue weighted by atomic mass is 9.94. The Kier molecular flexibility index (Phi) is 7.45. The second-order valence-electron chi connectivity index (χ2n) is 8.40. The Morgan fingerprint density at radius 3 is 2.66 bits per heavy atom. The van der Waals surface area contributed by atoms with E-state index in [0.717, 1.165) is 45.6 Å². The predicted octanol–water partition coefficient (Wildman–Crippen LogP) is 3.78. The molecule has 0 spiro atoms. The molecule has 0 bridgehead atoms. The molecular formula is C26H28N6O3. The van der Waals surface area contributed by atoms with Gasteiger partial charge >= 0.3 is 5.97 Å². The number of carboxylic acid groups (broad SMARTS) is 1. The zero-order valence-electron chi connectivity index (χ0n) is 19.9. The number of aliphatic carboxylic acids is 1. The summed E-state index contributed by atoms with van der Waals surface area (Å²) in [6, 6.07) is 6.21. The number of hydrogen-bond donors (Lipinski definition) is 2. The van der Waals surface area contributed by atoms with Crippen molar-refractivity contribution in [1.29, 1.82) is 0 Å². The first-order valence-electron chi connectivity index (χ1n) is 11.7. The number of aryl methyl sites for hydroxylation is 2. The van der Waals surface area contributed by atoms with Crippen molar-refractivity contribution in [3.05, 3.63) is 77.4 Å². The lowest BCUT2D eigenvalue weighted by Crippen LogP contribution is -2.26. The highest BCUT2D eigenvalue weighted by Gasteiger charge is 2.20. The Balaban J connectivity index is 1.79. The fourth-order valence-corrected chi connectivity index (χ4v) is 4.20. The van der Waals surface area contributed by atoms with Crippen LogP contribution < -0.4 is 5.32 Å². The molecule has 0 aromatic carbocycles. The van der Waals surface area contributed by atoms with Crippen LogP contribution in [0, 0.1) is 6.92 Å². The van der Waals surface area contributed by atoms with Crippen LogP contribution in [0.15, 0.2) is 49.2 Å². The number of carbonyl (C=O) groups is 2. The summed E-state index contributed by atoms with van der Waals surface area (Å²) in [6.45, 7) is 4.28. The summed E-state index contributed by atoms with van der Waals surface area (Å²) in [5.41, 5.74) is 6.97. The summed E-state index contributed by atoms with van der Waals surface area (Å²) in [5.74, 6) is -1.14. The van der Waals surface area contributed by atoms with Crippen molar-refractivity contribution in [2.75, 3.05) is 0 Å². The maximum absolute atomic E-state index is 12.7. The number of rotatable bonds is 10. The van der Waals surface area contributed by atoms with Crippen molar-refractivity contribution in [3.63, 3.8) is 0 Å². The minimum atomic E-state index is -0.808. The zero-order valence-corrected chi connectivity index (χ0v) is 19.9. The quantitative estimate of drug-likeness (QED) is 0.337. The molecule has 0 saturated carbocycles. The van der Waals surface area contributed by atoms with Crippen LogP contribution in [0.3, 0.4) is 0 Å². The van der Waals surface area contributed by atoms with Gasteiger partial charge in [0.2, 0.25) is 0 Å². The zero-order chi connectivity index (χ0) is 24.8. The van der Waals surface area contributed by atoms with Crippen molar-refractivity contribution < 1.29 is 14.7 Å². The summed E-state index contributed by atoms with van der Waals surface area (Å²) >= 11 is 0. The summed E-state index contributed by atoms with van der Waals surface area (Å²) in [6.07, 6.45) is 10.8. The van der Waals surface area contributed by atoms with Gasteiger partial charge in [-0.2, -0.15) is 5.10 Å². The monoisotopic (exact) mass is 472 g/mol. The standard InChI is InChI=1S/C26H28N6O3/c1-3-19-8-9-23-25(18-12-17(2)13-28-14-18)20(6-4-5-7-24(33)34)21(31-32(19)23)16-30-26(35)22-15-27-10-11-29-22/h8-15H,3-7,16H2,1-2H3,(H,30,35)(H,33,34). The van der Waals surface area contributed by atoms with Gasteiger partial charge in [0.05, 0.1) is 24.0 Å². The van der Waals surface area contributed by atoms with E-state index in [9.17, 15) is 9.59 Å². The molecular weight excluding hydrogens is 444 g/mol. The maximum Gasteiger partial charge on any atom is 0.303 e. The highest BCUT2D eigenvalue weighted by molar-refractivity contribution is 5.92. The number of amides is 1. The Morgan fingerprint density at radius 2 is 1.94 bits per heavy atom. The van der Waals surface area contributed by atoms with Crippen LogP contribution in [0.4, 0.5) is 0 Å². The minimum absolute atomic E-state index is 0.112. The third-order valence-electron chi connectivity index (χ3n) is 5.87. The van der Waals surface area contributed by atoms with Crippen LogP contribution in [0.1, 0.15) is 59.2 Å². The number of fused-ring (bicyclic) bond motifs is 1. The average molecular weight is 473 g/mol. The number of carbonyl (C=O) groups excluding carboxylic acids is 1. The second kappa shape index (κ2) is 10.9. The molecule has 0 radical (unpaired) electrons. The van der Waals surface area contributed by atoms with Crippen LogP contribution in [0.25, 0.3) is 16.6 Å². The number of nitrogens with one attached hydrogen (secondary N) is 1. The van der Waals surface area contributed by atoms with Crippen LogP contribution in [0.2, 0.25) is 0 Å². The fraction of sp³-hybridized carbons (Fsp3) is 0.308. The summed E-state index contributed by atoms with van der Waals surface area (Å²) in [7, 11) is 0. The molecule has 0 aliphatic rings. The first-order chi connectivity index (χ1) is 17.0. The molecule has 4 heterocycles. The van der Waals surface area contributed by atoms with Gasteiger partial charge in [0.1, 0.15) is 5.69 Å². The number of unbranched alkanes of at least 4 members (excludes halogenated alkanes) is 1. The Labute approximate surface area is 203 Å². The topological polar surface area (TPSA) is 122 Å². The highest BCUT2D eigenvalue weighted by atomic mass is 16.4. The van der Waals surface area contributed by atoms with Crippen LogP contribution in [-0.4, -0.2) is 41.5 Å². The smallest absolute Gasteiger partial charge is 0.303 e. The van der Waals surface area contributed by atoms with E-state index in [1.54, 1.807) is 0 Å². The van der Waals surface area contributed by atoms with Gasteiger partial charge in [0, 0.05) is 48.0 Å². The molecule has 2 N–H and O–H groups in total. The minimum Gasteiger partial charge on any atom is -0.481 e. The van der Waals surface area contributed by atoms with E-state index in [2.05, 4.69) is 45.4 Å². The molecule has 0 atom stereocenters. The van der Waals surface area contributed by atoms with Crippen molar-refractivity contribution in [2.45, 2.75) is 52.5 Å². The predicted molar refractivity (Wildman–Crippen MR) is 131 cm³/mol. The number of pyridine rings is 1. The van der Waals surface area contributed by atoms with Crippen molar-refractivity contribution >= 4 is 17.4 Å². The fourth-order valence-electron chi connectivity index (χ4n) is 4.20. The molecule has 9 heteroatoms. The highest BCUT2D eigenvalue weighted by Crippen LogP contribution is 2.33. The molecule has 9 nitrogen and oxygen atoms in total. The van der Waals surface area contributed by atoms with Gasteiger partial charge in [-0.25, -0.2) is 9.50 Å². The van der Waals surface area contributed by atoms with Crippen LogP contribution in [-0.2, 0) is 24.2 Å². The molecule has 1 amide bonds. The molecule has 0 aliphatic heterocycles. The molecule has 35 heavy (non-hydrogen) atoms. The van der Waals surface area contributed by atoms with E-state index >= 15 is 0 Å². The van der Waals surface area contributed by atoms with Gasteiger partial charge in [-0.05, 0) is 61.9 Å². The summed E-state index contributed by atoms with van der Waals surface area (Å²) in [4.78, 5) is 36.2. The largest absolute Gasteiger partial charge is 0.481 e. The van der Waals surface area contributed by atoms with E-state index in [1.807, 2.05) is 23.8 Å². The lowest BCUT2D eigenvalue weighted by Gasteiger charge is -2.18. The lowest BCUT2D eigenvalue weighted by molar-refractivity contribution is -0.137. The Hall–Kier alpha value is -4.14. The van der Waals surface area contributed by atoms with Gasteiger partial charge < -0.3 is 10.4 Å². The van der Waals surface area contributed by atoms with Crippen molar-refractivity contribution in [2.24, 2.45) is 0 Å². The average Bonchev–Trinajstić information content (AvgIpc) is 3.27. The molecule has 0 fully saturated rings. The van der Waals surface area contributed by atoms with Crippen molar-refractivity contribution in [1.82, 2.24) is 29.9 Å². The third-order valence-corrected chi connectivity index (χ3v) is 5.87. The summed E-state index contributed by atoms with van der Waals surface area (Å²) < 4.78 is 1.93. The second-order valence-corrected chi connectivity index (χ2v) is 8.40. The maximum atomic E-state index is 12.7. The number of aromatic nitrogens is 5. The molecule has 180 valence electrons. The van der Waals surface area contributed by atoms with Gasteiger partial charge in [-0.3, -0.25) is 19.6 Å². The molecule has 0 unspecified atom stereocenters. The van der Waals surface area contributed by atoms with E-state index in [-0.39, 0.29) is 24.6 Å². The van der Waals surface area contributed by atoms with Crippen molar-refractivity contribution in [3.8, 4) is 11.1 Å². The number of carboxylic acids is 1. The number of nitrogens with zero attached hydrogens (tertiary/aromatic N) is 5. The van der Waals surface area contributed by atoms with Gasteiger partial charge in [-0.1, -0.05) is 6.92 Å². The van der Waals surface area contributed by atoms with Crippen LogP contribution >= 0.6 is 0 Å². The SMILES string of the molecule is CCc1ccc2c(-c3cncc(C)c3)c(CCCCC(=O)O)c(CNC(=O)c3cnccn3)nn12. The van der Waals surface area contributed by atoms with Crippen LogP contribution in [0.5, 0.6) is 0 Å². The van der Waals surface area contributed by atoms with E-state index in [0.29, 0.717) is 19.3 Å². The first-order valence-corrected chi connectivity index (χ1v) is 11.7. The molecule has 4 rings (SSSR count). The normalized spacial score (nSPS) is 11.0. The molecule has 0 aliphatic carbocycles. The summed E-state index contributed by atoms with van der Waals surface area (Å²) in [5, 5.41) is 16.9. The van der Waals surface area contributed by atoms with E-state index in [4.69, 9.17) is 10.2 Å². The van der Waals surface area contributed by atoms with Gasteiger partial charge in [-0.15, -0.1) is 0 Å². The Bertz CT molecular complexity index is 1350. The van der Waals surface area contributed by atoms with E-state index in [1.165, 1.54) is 18.6 Å².